The van der Waals surface area contributed by atoms with Crippen LogP contribution >= 0.6 is 11.6 Å². The summed E-state index contributed by atoms with van der Waals surface area (Å²) in [5.74, 6) is 0.276. The number of nitrogens with one attached hydrogen (secondary N) is 1. The molecule has 1 atom stereocenters. The summed E-state index contributed by atoms with van der Waals surface area (Å²) >= 11 is 5.84. The van der Waals surface area contributed by atoms with E-state index in [1.54, 1.807) is 18.2 Å². The van der Waals surface area contributed by atoms with Gasteiger partial charge < -0.3 is 10.4 Å². The molecule has 0 saturated heterocycles. The lowest BCUT2D eigenvalue weighted by Gasteiger charge is -2.12. The highest BCUT2D eigenvalue weighted by atomic mass is 35.5. The molecule has 0 amide bonds. The largest absolute Gasteiger partial charge is 0.508 e. The number of phenolic OH excluding ortho intramolecular Hbond substituents is 1. The van der Waals surface area contributed by atoms with Crippen LogP contribution in [0.1, 0.15) is 18.9 Å². The SMILES string of the molecule is C=CCC(C)NCc1cc(Cl)ccc1O. The van der Waals surface area contributed by atoms with Gasteiger partial charge in [0.05, 0.1) is 0 Å². The molecule has 0 aliphatic rings. The number of halogens is 1. The standard InChI is InChI=1S/C12H16ClNO/c1-3-4-9(2)14-8-10-7-11(13)5-6-12(10)15/h3,5-7,9,14-15H,1,4,8H2,2H3. The summed E-state index contributed by atoms with van der Waals surface area (Å²) in [7, 11) is 0. The van der Waals surface area contributed by atoms with Gasteiger partial charge in [0.15, 0.2) is 0 Å². The van der Waals surface area contributed by atoms with Crippen LogP contribution in [-0.2, 0) is 6.54 Å². The van der Waals surface area contributed by atoms with E-state index < -0.39 is 0 Å². The number of phenols is 1. The van der Waals surface area contributed by atoms with Gasteiger partial charge in [0.2, 0.25) is 0 Å². The number of hydrogen-bond donors (Lipinski definition) is 2. The van der Waals surface area contributed by atoms with Crippen LogP contribution in [0.2, 0.25) is 5.02 Å². The molecule has 1 rings (SSSR count). The summed E-state index contributed by atoms with van der Waals surface area (Å²) in [5.41, 5.74) is 0.818. The average Bonchev–Trinajstić information content (AvgIpc) is 2.20. The van der Waals surface area contributed by atoms with E-state index in [1.807, 2.05) is 6.08 Å². The van der Waals surface area contributed by atoms with E-state index in [4.69, 9.17) is 11.6 Å². The fourth-order valence-electron chi connectivity index (χ4n) is 1.31. The smallest absolute Gasteiger partial charge is 0.120 e. The van der Waals surface area contributed by atoms with Gasteiger partial charge in [-0.25, -0.2) is 0 Å². The van der Waals surface area contributed by atoms with Gasteiger partial charge >= 0.3 is 0 Å². The van der Waals surface area contributed by atoms with Crippen molar-refractivity contribution in [2.75, 3.05) is 0 Å². The first-order chi connectivity index (χ1) is 7.13. The molecule has 82 valence electrons. The molecule has 1 aromatic rings. The van der Waals surface area contributed by atoms with Gasteiger partial charge in [0.1, 0.15) is 5.75 Å². The number of aromatic hydroxyl groups is 1. The molecule has 3 heteroatoms. The first kappa shape index (κ1) is 12.1. The Morgan fingerprint density at radius 3 is 3.00 bits per heavy atom. The summed E-state index contributed by atoms with van der Waals surface area (Å²) in [6.45, 7) is 6.36. The predicted molar refractivity (Wildman–Crippen MR) is 64.2 cm³/mol. The van der Waals surface area contributed by atoms with E-state index in [0.717, 1.165) is 12.0 Å². The minimum atomic E-state index is 0.276. The first-order valence-electron chi connectivity index (χ1n) is 4.95. The van der Waals surface area contributed by atoms with Gasteiger partial charge in [0, 0.05) is 23.2 Å². The predicted octanol–water partition coefficient (Wildman–Crippen LogP) is 3.10. The van der Waals surface area contributed by atoms with Crippen LogP contribution in [-0.4, -0.2) is 11.1 Å². The van der Waals surface area contributed by atoms with Crippen LogP contribution in [0.4, 0.5) is 0 Å². The zero-order valence-corrected chi connectivity index (χ0v) is 9.59. The second kappa shape index (κ2) is 5.79. The zero-order valence-electron chi connectivity index (χ0n) is 8.83. The Bertz CT molecular complexity index is 338. The Kier molecular flexibility index (Phi) is 4.66. The van der Waals surface area contributed by atoms with Crippen molar-refractivity contribution >= 4 is 11.6 Å². The highest BCUT2D eigenvalue weighted by Gasteiger charge is 2.04. The summed E-state index contributed by atoms with van der Waals surface area (Å²) < 4.78 is 0. The molecule has 0 heterocycles. The number of rotatable bonds is 5. The van der Waals surface area contributed by atoms with E-state index in [-0.39, 0.29) is 5.75 Å². The maximum Gasteiger partial charge on any atom is 0.120 e. The molecule has 0 spiro atoms. The second-order valence-electron chi connectivity index (χ2n) is 3.58. The maximum absolute atomic E-state index is 9.56. The van der Waals surface area contributed by atoms with E-state index in [1.165, 1.54) is 0 Å². The van der Waals surface area contributed by atoms with Crippen molar-refractivity contribution in [1.29, 1.82) is 0 Å². The topological polar surface area (TPSA) is 32.3 Å². The van der Waals surface area contributed by atoms with Crippen molar-refractivity contribution in [3.63, 3.8) is 0 Å². The highest BCUT2D eigenvalue weighted by Crippen LogP contribution is 2.21. The van der Waals surface area contributed by atoms with Crippen molar-refractivity contribution < 1.29 is 5.11 Å². The Hall–Kier alpha value is -0.990. The lowest BCUT2D eigenvalue weighted by Crippen LogP contribution is -2.24. The molecule has 0 fully saturated rings. The van der Waals surface area contributed by atoms with Gasteiger partial charge in [-0.1, -0.05) is 17.7 Å². The van der Waals surface area contributed by atoms with Gasteiger partial charge in [-0.05, 0) is 31.5 Å². The normalized spacial score (nSPS) is 12.4. The minimum absolute atomic E-state index is 0.276. The van der Waals surface area contributed by atoms with Crippen molar-refractivity contribution in [3.8, 4) is 5.75 Å². The molecular weight excluding hydrogens is 210 g/mol. The summed E-state index contributed by atoms with van der Waals surface area (Å²) in [6, 6.07) is 5.40. The van der Waals surface area contributed by atoms with E-state index in [9.17, 15) is 5.11 Å². The van der Waals surface area contributed by atoms with Crippen LogP contribution < -0.4 is 5.32 Å². The van der Waals surface area contributed by atoms with E-state index in [2.05, 4.69) is 18.8 Å². The van der Waals surface area contributed by atoms with Gasteiger partial charge in [0.25, 0.3) is 0 Å². The molecule has 1 aromatic carbocycles. The van der Waals surface area contributed by atoms with E-state index >= 15 is 0 Å². The third kappa shape index (κ3) is 3.94. The van der Waals surface area contributed by atoms with Crippen LogP contribution in [0.15, 0.2) is 30.9 Å². The quantitative estimate of drug-likeness (QED) is 0.755. The summed E-state index contributed by atoms with van der Waals surface area (Å²) in [4.78, 5) is 0. The fraction of sp³-hybridized carbons (Fsp3) is 0.333. The number of hydrogen-bond acceptors (Lipinski definition) is 2. The fourth-order valence-corrected chi connectivity index (χ4v) is 1.51. The summed E-state index contributed by atoms with van der Waals surface area (Å²) in [5, 5.41) is 13.5. The molecule has 2 N–H and O–H groups in total. The summed E-state index contributed by atoms with van der Waals surface area (Å²) in [6.07, 6.45) is 2.77. The molecule has 0 aliphatic heterocycles. The van der Waals surface area contributed by atoms with Gasteiger partial charge in [-0.3, -0.25) is 0 Å². The average molecular weight is 226 g/mol. The van der Waals surface area contributed by atoms with Crippen molar-refractivity contribution in [1.82, 2.24) is 5.32 Å². The van der Waals surface area contributed by atoms with Crippen molar-refractivity contribution in [3.05, 3.63) is 41.4 Å². The molecule has 2 nitrogen and oxygen atoms in total. The first-order valence-corrected chi connectivity index (χ1v) is 5.33. The second-order valence-corrected chi connectivity index (χ2v) is 4.02. The van der Waals surface area contributed by atoms with Crippen LogP contribution in [0.25, 0.3) is 0 Å². The van der Waals surface area contributed by atoms with Gasteiger partial charge in [-0.15, -0.1) is 6.58 Å². The van der Waals surface area contributed by atoms with Crippen LogP contribution in [0.5, 0.6) is 5.75 Å². The maximum atomic E-state index is 9.56. The molecule has 0 radical (unpaired) electrons. The molecule has 1 unspecified atom stereocenters. The van der Waals surface area contributed by atoms with E-state index in [0.29, 0.717) is 17.6 Å². The molecule has 0 aromatic heterocycles. The molecule has 15 heavy (non-hydrogen) atoms. The van der Waals surface area contributed by atoms with Crippen LogP contribution in [0, 0.1) is 0 Å². The number of benzene rings is 1. The zero-order chi connectivity index (χ0) is 11.3. The Morgan fingerprint density at radius 2 is 2.33 bits per heavy atom. The molecular formula is C12H16ClNO. The third-order valence-corrected chi connectivity index (χ3v) is 2.44. The Morgan fingerprint density at radius 1 is 1.60 bits per heavy atom. The Labute approximate surface area is 95.6 Å². The van der Waals surface area contributed by atoms with Crippen molar-refractivity contribution in [2.24, 2.45) is 0 Å². The highest BCUT2D eigenvalue weighted by molar-refractivity contribution is 6.30. The lowest BCUT2D eigenvalue weighted by atomic mass is 10.1. The lowest BCUT2D eigenvalue weighted by molar-refractivity contribution is 0.459. The third-order valence-electron chi connectivity index (χ3n) is 2.20. The molecule has 0 aliphatic carbocycles. The van der Waals surface area contributed by atoms with Crippen LogP contribution in [0.3, 0.4) is 0 Å². The molecule has 0 saturated carbocycles. The molecule has 0 bridgehead atoms. The van der Waals surface area contributed by atoms with Gasteiger partial charge in [-0.2, -0.15) is 0 Å². The Balaban J connectivity index is 2.56. The minimum Gasteiger partial charge on any atom is -0.508 e. The monoisotopic (exact) mass is 225 g/mol. The van der Waals surface area contributed by atoms with Crippen molar-refractivity contribution in [2.45, 2.75) is 25.9 Å².